The number of rotatable bonds is 4. The number of carbonyl (C=O) groups is 1. The molecule has 1 saturated heterocycles. The van der Waals surface area contributed by atoms with E-state index in [4.69, 9.17) is 5.11 Å². The van der Waals surface area contributed by atoms with E-state index < -0.39 is 5.97 Å². The lowest BCUT2D eigenvalue weighted by molar-refractivity contribution is -0.136. The highest BCUT2D eigenvalue weighted by molar-refractivity contribution is 7.11. The van der Waals surface area contributed by atoms with Gasteiger partial charge in [0.15, 0.2) is 0 Å². The number of likely N-dealkylation sites (N-methyl/N-ethyl adjacent to an activating group) is 1. The van der Waals surface area contributed by atoms with Crippen molar-refractivity contribution in [3.63, 3.8) is 0 Å². The molecule has 2 rings (SSSR count). The van der Waals surface area contributed by atoms with Crippen LogP contribution in [0.5, 0.6) is 0 Å². The third-order valence-electron chi connectivity index (χ3n) is 3.26. The van der Waals surface area contributed by atoms with Gasteiger partial charge in [-0.2, -0.15) is 0 Å². The molecule has 0 spiro atoms. The average molecular weight is 254 g/mol. The highest BCUT2D eigenvalue weighted by Crippen LogP contribution is 2.22. The molecular weight excluding hydrogens is 236 g/mol. The predicted octanol–water partition coefficient (Wildman–Crippen LogP) is 1.80. The lowest BCUT2D eigenvalue weighted by atomic mass is 10.0. The van der Waals surface area contributed by atoms with Crippen LogP contribution in [0, 0.1) is 0 Å². The molecule has 94 valence electrons. The zero-order valence-corrected chi connectivity index (χ0v) is 10.9. The number of piperidine rings is 1. The number of nitrogens with zero attached hydrogens (tertiary/aromatic N) is 2. The Morgan fingerprint density at radius 2 is 2.47 bits per heavy atom. The van der Waals surface area contributed by atoms with Crippen molar-refractivity contribution in [2.45, 2.75) is 38.1 Å². The average Bonchev–Trinajstić information content (AvgIpc) is 2.68. The first-order valence-corrected chi connectivity index (χ1v) is 6.82. The zero-order chi connectivity index (χ0) is 12.3. The van der Waals surface area contributed by atoms with Gasteiger partial charge in [-0.1, -0.05) is 6.42 Å². The van der Waals surface area contributed by atoms with Gasteiger partial charge in [0, 0.05) is 23.5 Å². The maximum absolute atomic E-state index is 10.6. The Balaban J connectivity index is 1.93. The lowest BCUT2D eigenvalue weighted by Gasteiger charge is -2.31. The molecule has 0 aromatic carbocycles. The second-order valence-corrected chi connectivity index (χ2v) is 5.82. The van der Waals surface area contributed by atoms with E-state index in [0.29, 0.717) is 6.04 Å². The predicted molar refractivity (Wildman–Crippen MR) is 67.4 cm³/mol. The van der Waals surface area contributed by atoms with Gasteiger partial charge in [-0.25, -0.2) is 4.98 Å². The van der Waals surface area contributed by atoms with Crippen LogP contribution in [0.4, 0.5) is 0 Å². The second kappa shape index (κ2) is 5.60. The molecule has 5 heteroatoms. The number of aromatic nitrogens is 1. The maximum Gasteiger partial charge on any atom is 0.308 e. The van der Waals surface area contributed by atoms with Crippen molar-refractivity contribution in [2.24, 2.45) is 0 Å². The normalized spacial score (nSPS) is 21.6. The highest BCUT2D eigenvalue weighted by Gasteiger charge is 2.20. The van der Waals surface area contributed by atoms with Crippen molar-refractivity contribution < 1.29 is 9.90 Å². The van der Waals surface area contributed by atoms with E-state index in [1.807, 2.05) is 0 Å². The van der Waals surface area contributed by atoms with Gasteiger partial charge in [-0.05, 0) is 26.4 Å². The molecule has 0 radical (unpaired) electrons. The van der Waals surface area contributed by atoms with Gasteiger partial charge in [0.2, 0.25) is 0 Å². The summed E-state index contributed by atoms with van der Waals surface area (Å²) in [5.41, 5.74) is 0. The Morgan fingerprint density at radius 3 is 3.18 bits per heavy atom. The van der Waals surface area contributed by atoms with E-state index in [-0.39, 0.29) is 6.42 Å². The Labute approximate surface area is 105 Å². The first kappa shape index (κ1) is 12.5. The van der Waals surface area contributed by atoms with Crippen LogP contribution >= 0.6 is 11.3 Å². The molecule has 0 bridgehead atoms. The number of carboxylic acids is 1. The molecule has 4 nitrogen and oxygen atoms in total. The van der Waals surface area contributed by atoms with Crippen LogP contribution in [0.15, 0.2) is 6.20 Å². The Kier molecular flexibility index (Phi) is 4.12. The van der Waals surface area contributed by atoms with E-state index >= 15 is 0 Å². The quantitative estimate of drug-likeness (QED) is 0.890. The first-order chi connectivity index (χ1) is 8.15. The van der Waals surface area contributed by atoms with Gasteiger partial charge < -0.3 is 10.0 Å². The standard InChI is InChI=1S/C12H18N2O2S/c1-14-5-3-2-4-9(14)6-11-13-8-10(17-11)7-12(15)16/h8-9H,2-7H2,1H3,(H,15,16). The number of thiazole rings is 1. The van der Waals surface area contributed by atoms with E-state index in [0.717, 1.165) is 22.9 Å². The van der Waals surface area contributed by atoms with Gasteiger partial charge in [0.25, 0.3) is 0 Å². The molecule has 17 heavy (non-hydrogen) atoms. The molecule has 1 aliphatic rings. The fraction of sp³-hybridized carbons (Fsp3) is 0.667. The number of hydrogen-bond acceptors (Lipinski definition) is 4. The van der Waals surface area contributed by atoms with Gasteiger partial charge in [0.05, 0.1) is 11.4 Å². The summed E-state index contributed by atoms with van der Waals surface area (Å²) in [6, 6.07) is 0.576. The van der Waals surface area contributed by atoms with Crippen molar-refractivity contribution in [1.29, 1.82) is 0 Å². The van der Waals surface area contributed by atoms with E-state index in [9.17, 15) is 4.79 Å². The van der Waals surface area contributed by atoms with Crippen LogP contribution in [0.2, 0.25) is 0 Å². The molecule has 0 amide bonds. The second-order valence-electron chi connectivity index (χ2n) is 4.63. The van der Waals surface area contributed by atoms with Crippen LogP contribution in [-0.2, 0) is 17.6 Å². The number of likely N-dealkylation sites (tertiary alicyclic amines) is 1. The monoisotopic (exact) mass is 254 g/mol. The maximum atomic E-state index is 10.6. The van der Waals surface area contributed by atoms with Crippen LogP contribution < -0.4 is 0 Å². The summed E-state index contributed by atoms with van der Waals surface area (Å²) < 4.78 is 0. The molecule has 1 aromatic rings. The first-order valence-electron chi connectivity index (χ1n) is 6.01. The number of aliphatic carboxylic acids is 1. The fourth-order valence-corrected chi connectivity index (χ4v) is 3.26. The van der Waals surface area contributed by atoms with Gasteiger partial charge in [-0.15, -0.1) is 11.3 Å². The highest BCUT2D eigenvalue weighted by atomic mass is 32.1. The summed E-state index contributed by atoms with van der Waals surface area (Å²) >= 11 is 1.54. The van der Waals surface area contributed by atoms with Crippen LogP contribution in [0.25, 0.3) is 0 Å². The van der Waals surface area contributed by atoms with E-state index in [1.165, 1.54) is 30.6 Å². The molecule has 1 aromatic heterocycles. The van der Waals surface area contributed by atoms with E-state index in [1.54, 1.807) is 6.20 Å². The Morgan fingerprint density at radius 1 is 1.65 bits per heavy atom. The van der Waals surface area contributed by atoms with E-state index in [2.05, 4.69) is 16.9 Å². The number of carboxylic acid groups (broad SMARTS) is 1. The van der Waals surface area contributed by atoms with Crippen molar-refractivity contribution in [3.05, 3.63) is 16.1 Å². The molecule has 1 unspecified atom stereocenters. The summed E-state index contributed by atoms with van der Waals surface area (Å²) in [5.74, 6) is -0.782. The van der Waals surface area contributed by atoms with Crippen molar-refractivity contribution in [2.75, 3.05) is 13.6 Å². The summed E-state index contributed by atoms with van der Waals surface area (Å²) in [6.45, 7) is 1.16. The van der Waals surface area contributed by atoms with Gasteiger partial charge in [-0.3, -0.25) is 4.79 Å². The Bertz CT molecular complexity index is 392. The van der Waals surface area contributed by atoms with Gasteiger partial charge >= 0.3 is 5.97 Å². The summed E-state index contributed by atoms with van der Waals surface area (Å²) in [4.78, 5) is 18.2. The molecular formula is C12H18N2O2S. The minimum atomic E-state index is -0.782. The zero-order valence-electron chi connectivity index (χ0n) is 10.1. The Hall–Kier alpha value is -0.940. The molecule has 1 aliphatic heterocycles. The molecule has 1 atom stereocenters. The molecule has 1 N–H and O–H groups in total. The summed E-state index contributed by atoms with van der Waals surface area (Å²) in [7, 11) is 2.16. The topological polar surface area (TPSA) is 53.4 Å². The summed E-state index contributed by atoms with van der Waals surface area (Å²) in [5, 5.41) is 9.78. The third-order valence-corrected chi connectivity index (χ3v) is 4.28. The van der Waals surface area contributed by atoms with Crippen molar-refractivity contribution in [3.8, 4) is 0 Å². The van der Waals surface area contributed by atoms with Crippen molar-refractivity contribution in [1.82, 2.24) is 9.88 Å². The molecule has 0 aliphatic carbocycles. The smallest absolute Gasteiger partial charge is 0.308 e. The van der Waals surface area contributed by atoms with Crippen LogP contribution in [-0.4, -0.2) is 40.6 Å². The minimum absolute atomic E-state index is 0.0954. The van der Waals surface area contributed by atoms with Crippen molar-refractivity contribution >= 4 is 17.3 Å². The molecule has 0 saturated carbocycles. The van der Waals surface area contributed by atoms with Crippen LogP contribution in [0.1, 0.15) is 29.1 Å². The largest absolute Gasteiger partial charge is 0.481 e. The lowest BCUT2D eigenvalue weighted by Crippen LogP contribution is -2.37. The third kappa shape index (κ3) is 3.51. The molecule has 2 heterocycles. The van der Waals surface area contributed by atoms with Crippen LogP contribution in [0.3, 0.4) is 0 Å². The summed E-state index contributed by atoms with van der Waals surface area (Å²) in [6.07, 6.45) is 6.57. The minimum Gasteiger partial charge on any atom is -0.481 e. The molecule has 1 fully saturated rings. The fourth-order valence-electron chi connectivity index (χ4n) is 2.28. The van der Waals surface area contributed by atoms with Gasteiger partial charge in [0.1, 0.15) is 0 Å². The number of hydrogen-bond donors (Lipinski definition) is 1. The SMILES string of the molecule is CN1CCCCC1Cc1ncc(CC(=O)O)s1.